The number of thiophene rings is 1. The van der Waals surface area contributed by atoms with Crippen molar-refractivity contribution < 1.29 is 8.42 Å². The van der Waals surface area contributed by atoms with Crippen LogP contribution in [0.4, 0.5) is 0 Å². The third kappa shape index (κ3) is 5.06. The molecular weight excluding hydrogens is 304 g/mol. The first-order chi connectivity index (χ1) is 10.0. The molecule has 21 heavy (non-hydrogen) atoms. The molecule has 2 N–H and O–H groups in total. The zero-order chi connectivity index (χ0) is 15.3. The number of rotatable bonds is 8. The van der Waals surface area contributed by atoms with Crippen LogP contribution in [0.3, 0.4) is 0 Å². The number of nitrogens with one attached hydrogen (secondary N) is 2. The minimum absolute atomic E-state index is 0.113. The second-order valence-electron chi connectivity index (χ2n) is 5.96. The van der Waals surface area contributed by atoms with Crippen LogP contribution in [-0.4, -0.2) is 27.5 Å². The van der Waals surface area contributed by atoms with Crippen molar-refractivity contribution in [1.82, 2.24) is 10.0 Å². The zero-order valence-electron chi connectivity index (χ0n) is 12.9. The average Bonchev–Trinajstić information content (AvgIpc) is 3.04. The number of hydrogen-bond acceptors (Lipinski definition) is 4. The molecule has 1 saturated carbocycles. The maximum Gasteiger partial charge on any atom is 0.250 e. The van der Waals surface area contributed by atoms with E-state index in [0.717, 1.165) is 50.1 Å². The molecule has 2 unspecified atom stereocenters. The predicted octanol–water partition coefficient (Wildman–Crippen LogP) is 2.76. The first-order valence-corrected chi connectivity index (χ1v) is 10.1. The average molecular weight is 331 g/mol. The standard InChI is InChI=1S/C15H26N2O2S2/c1-3-9-16-10-8-14-6-7-15(20-14)21(18,19)17-13-5-4-12(2)11-13/h6-7,12-13,16-17H,3-5,8-11H2,1-2H3. The maximum absolute atomic E-state index is 12.4. The van der Waals surface area contributed by atoms with Crippen molar-refractivity contribution in [3.8, 4) is 0 Å². The topological polar surface area (TPSA) is 58.2 Å². The van der Waals surface area contributed by atoms with Crippen molar-refractivity contribution in [2.75, 3.05) is 13.1 Å². The van der Waals surface area contributed by atoms with Gasteiger partial charge in [0.25, 0.3) is 0 Å². The van der Waals surface area contributed by atoms with Crippen LogP contribution in [0.15, 0.2) is 16.3 Å². The van der Waals surface area contributed by atoms with Crippen LogP contribution in [0, 0.1) is 5.92 Å². The molecule has 4 nitrogen and oxygen atoms in total. The van der Waals surface area contributed by atoms with Crippen LogP contribution >= 0.6 is 11.3 Å². The van der Waals surface area contributed by atoms with E-state index in [-0.39, 0.29) is 6.04 Å². The van der Waals surface area contributed by atoms with Crippen LogP contribution in [0.5, 0.6) is 0 Å². The third-order valence-electron chi connectivity index (χ3n) is 3.89. The predicted molar refractivity (Wildman–Crippen MR) is 88.3 cm³/mol. The van der Waals surface area contributed by atoms with Gasteiger partial charge < -0.3 is 5.32 Å². The monoisotopic (exact) mass is 330 g/mol. The molecule has 1 aromatic rings. The fraction of sp³-hybridized carbons (Fsp3) is 0.733. The Labute approximate surface area is 132 Å². The van der Waals surface area contributed by atoms with Gasteiger partial charge in [-0.3, -0.25) is 0 Å². The summed E-state index contributed by atoms with van der Waals surface area (Å²) in [6.07, 6.45) is 5.04. The molecule has 1 fully saturated rings. The minimum Gasteiger partial charge on any atom is -0.316 e. The molecule has 0 amide bonds. The van der Waals surface area contributed by atoms with E-state index >= 15 is 0 Å². The smallest absolute Gasteiger partial charge is 0.250 e. The van der Waals surface area contributed by atoms with Gasteiger partial charge in [0, 0.05) is 10.9 Å². The summed E-state index contributed by atoms with van der Waals surface area (Å²) < 4.78 is 28.0. The van der Waals surface area contributed by atoms with Crippen molar-refractivity contribution in [3.05, 3.63) is 17.0 Å². The lowest BCUT2D eigenvalue weighted by Crippen LogP contribution is -2.32. The van der Waals surface area contributed by atoms with E-state index in [9.17, 15) is 8.42 Å². The molecule has 0 saturated heterocycles. The van der Waals surface area contributed by atoms with Crippen molar-refractivity contribution in [3.63, 3.8) is 0 Å². The molecule has 6 heteroatoms. The first kappa shape index (κ1) is 16.9. The highest BCUT2D eigenvalue weighted by Gasteiger charge is 2.27. The number of sulfonamides is 1. The lowest BCUT2D eigenvalue weighted by molar-refractivity contribution is 0.540. The summed E-state index contributed by atoms with van der Waals surface area (Å²) in [7, 11) is -3.33. The van der Waals surface area contributed by atoms with E-state index < -0.39 is 10.0 Å². The van der Waals surface area contributed by atoms with Crippen LogP contribution in [0.1, 0.15) is 44.4 Å². The highest BCUT2D eigenvalue weighted by Crippen LogP contribution is 2.27. The van der Waals surface area contributed by atoms with E-state index in [1.54, 1.807) is 6.07 Å². The highest BCUT2D eigenvalue weighted by molar-refractivity contribution is 7.91. The fourth-order valence-electron chi connectivity index (χ4n) is 2.74. The van der Waals surface area contributed by atoms with Gasteiger partial charge in [0.05, 0.1) is 0 Å². The van der Waals surface area contributed by atoms with E-state index in [2.05, 4.69) is 23.9 Å². The Balaban J connectivity index is 1.89. The molecule has 2 rings (SSSR count). The van der Waals surface area contributed by atoms with Gasteiger partial charge in [0.15, 0.2) is 0 Å². The van der Waals surface area contributed by atoms with Gasteiger partial charge in [0.2, 0.25) is 10.0 Å². The summed E-state index contributed by atoms with van der Waals surface area (Å²) in [6.45, 7) is 6.23. The van der Waals surface area contributed by atoms with Crippen LogP contribution in [0.25, 0.3) is 0 Å². The molecule has 120 valence electrons. The van der Waals surface area contributed by atoms with Crippen molar-refractivity contribution >= 4 is 21.4 Å². The Morgan fingerprint density at radius 3 is 2.76 bits per heavy atom. The Morgan fingerprint density at radius 1 is 1.29 bits per heavy atom. The highest BCUT2D eigenvalue weighted by atomic mass is 32.2. The third-order valence-corrected chi connectivity index (χ3v) is 7.05. The second kappa shape index (κ2) is 7.72. The summed E-state index contributed by atoms with van der Waals surface area (Å²) in [4.78, 5) is 1.12. The van der Waals surface area contributed by atoms with Gasteiger partial charge in [-0.1, -0.05) is 13.8 Å². The van der Waals surface area contributed by atoms with Gasteiger partial charge in [-0.15, -0.1) is 11.3 Å². The molecule has 0 bridgehead atoms. The molecule has 2 atom stereocenters. The van der Waals surface area contributed by atoms with E-state index in [1.165, 1.54) is 11.3 Å². The Kier molecular flexibility index (Phi) is 6.22. The van der Waals surface area contributed by atoms with E-state index in [4.69, 9.17) is 0 Å². The van der Waals surface area contributed by atoms with Crippen molar-refractivity contribution in [2.45, 2.75) is 56.2 Å². The van der Waals surface area contributed by atoms with Gasteiger partial charge in [-0.25, -0.2) is 13.1 Å². The molecule has 0 spiro atoms. The van der Waals surface area contributed by atoms with Crippen LogP contribution in [0.2, 0.25) is 0 Å². The summed E-state index contributed by atoms with van der Waals surface area (Å²) in [6, 6.07) is 3.78. The SMILES string of the molecule is CCCNCCc1ccc(S(=O)(=O)NC2CCC(C)C2)s1. The summed E-state index contributed by atoms with van der Waals surface area (Å²) in [5.74, 6) is 0.626. The summed E-state index contributed by atoms with van der Waals surface area (Å²) in [5.41, 5.74) is 0. The van der Waals surface area contributed by atoms with E-state index in [1.807, 2.05) is 6.07 Å². The normalized spacial score (nSPS) is 22.8. The Morgan fingerprint density at radius 2 is 2.10 bits per heavy atom. The minimum atomic E-state index is -3.33. The zero-order valence-corrected chi connectivity index (χ0v) is 14.5. The molecule has 1 heterocycles. The molecule has 1 aliphatic rings. The van der Waals surface area contributed by atoms with Crippen LogP contribution in [-0.2, 0) is 16.4 Å². The Hall–Kier alpha value is -0.430. The van der Waals surface area contributed by atoms with Crippen LogP contribution < -0.4 is 10.0 Å². The summed E-state index contributed by atoms with van der Waals surface area (Å²) in [5, 5.41) is 3.34. The van der Waals surface area contributed by atoms with Gasteiger partial charge in [-0.05, 0) is 63.2 Å². The van der Waals surface area contributed by atoms with Gasteiger partial charge >= 0.3 is 0 Å². The van der Waals surface area contributed by atoms with E-state index in [0.29, 0.717) is 10.1 Å². The summed E-state index contributed by atoms with van der Waals surface area (Å²) >= 11 is 1.39. The lowest BCUT2D eigenvalue weighted by Gasteiger charge is -2.11. The van der Waals surface area contributed by atoms with Gasteiger partial charge in [-0.2, -0.15) is 0 Å². The molecule has 0 aromatic carbocycles. The first-order valence-electron chi connectivity index (χ1n) is 7.83. The van der Waals surface area contributed by atoms with Crippen molar-refractivity contribution in [2.24, 2.45) is 5.92 Å². The second-order valence-corrected chi connectivity index (χ2v) is 9.07. The lowest BCUT2D eigenvalue weighted by atomic mass is 10.1. The maximum atomic E-state index is 12.4. The van der Waals surface area contributed by atoms with Crippen molar-refractivity contribution in [1.29, 1.82) is 0 Å². The molecule has 1 aromatic heterocycles. The number of hydrogen-bond donors (Lipinski definition) is 2. The Bertz CT molecular complexity index is 540. The quantitative estimate of drug-likeness (QED) is 0.721. The molecule has 1 aliphatic carbocycles. The molecule has 0 aliphatic heterocycles. The van der Waals surface area contributed by atoms with Gasteiger partial charge in [0.1, 0.15) is 4.21 Å². The largest absolute Gasteiger partial charge is 0.316 e. The fourth-order valence-corrected chi connectivity index (χ4v) is 5.40. The molecular formula is C15H26N2O2S2. The molecule has 0 radical (unpaired) electrons.